The topological polar surface area (TPSA) is 53.4 Å². The highest BCUT2D eigenvalue weighted by Gasteiger charge is 2.26. The molecule has 0 saturated carbocycles. The monoisotopic (exact) mass is 376 g/mol. The Labute approximate surface area is 152 Å². The van der Waals surface area contributed by atoms with E-state index in [1.165, 1.54) is 0 Å². The van der Waals surface area contributed by atoms with Crippen LogP contribution in [0.1, 0.15) is 19.4 Å². The van der Waals surface area contributed by atoms with Gasteiger partial charge in [0.2, 0.25) is 0 Å². The van der Waals surface area contributed by atoms with Crippen molar-refractivity contribution >= 4 is 36.6 Å². The number of para-hydroxylation sites is 1. The van der Waals surface area contributed by atoms with E-state index >= 15 is 0 Å². The molecule has 0 aliphatic carbocycles. The molecule has 0 aliphatic rings. The van der Waals surface area contributed by atoms with Crippen molar-refractivity contribution in [2.45, 2.75) is 25.3 Å². The number of aromatic nitrogens is 2. The summed E-state index contributed by atoms with van der Waals surface area (Å²) < 4.78 is 25.6. The summed E-state index contributed by atoms with van der Waals surface area (Å²) in [6.07, 6.45) is 1.81. The highest BCUT2D eigenvalue weighted by atomic mass is 32.1. The van der Waals surface area contributed by atoms with Gasteiger partial charge in [0, 0.05) is 11.4 Å². The molecule has 2 aromatic carbocycles. The third-order valence-electron chi connectivity index (χ3n) is 3.82. The molecule has 0 radical (unpaired) electrons. The Hall–Kier alpha value is -1.59. The second-order valence-electron chi connectivity index (χ2n) is 5.52. The Morgan fingerprint density at radius 1 is 1.08 bits per heavy atom. The number of thiol groups is 1. The summed E-state index contributed by atoms with van der Waals surface area (Å²) in [5.74, 6) is 0. The van der Waals surface area contributed by atoms with Crippen molar-refractivity contribution in [1.29, 1.82) is 0 Å². The summed E-state index contributed by atoms with van der Waals surface area (Å²) in [6, 6.07) is 13.3. The minimum absolute atomic E-state index is 0.338. The lowest BCUT2D eigenvalue weighted by Gasteiger charge is -2.17. The molecule has 132 valence electrons. The molecule has 1 aromatic heterocycles. The molecule has 7 heteroatoms. The van der Waals surface area contributed by atoms with Crippen LogP contribution in [0, 0.1) is 0 Å². The van der Waals surface area contributed by atoms with Gasteiger partial charge in [-0.15, -0.1) is 12.6 Å². The minimum Gasteiger partial charge on any atom is -0.325 e. The van der Waals surface area contributed by atoms with Crippen molar-refractivity contribution in [2.24, 2.45) is 0 Å². The Kier molecular flexibility index (Phi) is 5.64. The van der Waals surface area contributed by atoms with E-state index in [2.05, 4.69) is 22.2 Å². The van der Waals surface area contributed by atoms with Gasteiger partial charge in [0.1, 0.15) is 0 Å². The van der Waals surface area contributed by atoms with E-state index in [1.807, 2.05) is 48.8 Å². The largest absolute Gasteiger partial charge is 0.361 e. The van der Waals surface area contributed by atoms with E-state index in [-0.39, 0.29) is 0 Å². The molecule has 0 N–H and O–H groups in total. The molecule has 3 rings (SSSR count). The number of imidazole rings is 1. The van der Waals surface area contributed by atoms with Gasteiger partial charge in [-0.3, -0.25) is 4.57 Å². The molecule has 0 fully saturated rings. The fraction of sp³-hybridized carbons (Fsp3) is 0.278. The van der Waals surface area contributed by atoms with Crippen molar-refractivity contribution in [3.8, 4) is 0 Å². The molecule has 0 spiro atoms. The summed E-state index contributed by atoms with van der Waals surface area (Å²) in [6.45, 7) is 4.94. The smallest absolute Gasteiger partial charge is 0.325 e. The zero-order chi connectivity index (χ0) is 17.9. The van der Waals surface area contributed by atoms with Gasteiger partial charge in [0.05, 0.1) is 35.9 Å². The van der Waals surface area contributed by atoms with Gasteiger partial charge in [-0.05, 0) is 43.7 Å². The molecule has 0 aliphatic heterocycles. The lowest BCUT2D eigenvalue weighted by Crippen LogP contribution is -2.11. The van der Waals surface area contributed by atoms with Gasteiger partial charge in [0.25, 0.3) is 0 Å². The Morgan fingerprint density at radius 3 is 2.40 bits per heavy atom. The second-order valence-corrected chi connectivity index (χ2v) is 8.03. The first-order valence-corrected chi connectivity index (χ1v) is 10.2. The first kappa shape index (κ1) is 18.2. The summed E-state index contributed by atoms with van der Waals surface area (Å²) in [5, 5.41) is 0.574. The van der Waals surface area contributed by atoms with Crippen LogP contribution in [0.15, 0.2) is 53.7 Å². The maximum absolute atomic E-state index is 12.8. The Bertz CT molecular complexity index is 898. The SMILES string of the molecule is CCOP(=O)(OCC)c1ccc(Cn2cnc3cccc(S)c32)cc1. The van der Waals surface area contributed by atoms with Crippen LogP contribution in [0.5, 0.6) is 0 Å². The number of hydrogen-bond acceptors (Lipinski definition) is 5. The van der Waals surface area contributed by atoms with Crippen molar-refractivity contribution in [1.82, 2.24) is 9.55 Å². The molecule has 0 unspecified atom stereocenters. The fourth-order valence-corrected chi connectivity index (χ4v) is 4.63. The van der Waals surface area contributed by atoms with Crippen LogP contribution in [0.2, 0.25) is 0 Å². The third kappa shape index (κ3) is 3.82. The van der Waals surface area contributed by atoms with Gasteiger partial charge in [-0.2, -0.15) is 0 Å². The normalized spacial score (nSPS) is 12.0. The molecule has 0 saturated heterocycles. The Morgan fingerprint density at radius 2 is 1.76 bits per heavy atom. The highest BCUT2D eigenvalue weighted by molar-refractivity contribution is 7.80. The van der Waals surface area contributed by atoms with Gasteiger partial charge in [-0.1, -0.05) is 18.2 Å². The van der Waals surface area contributed by atoms with Crippen LogP contribution in [0.4, 0.5) is 0 Å². The van der Waals surface area contributed by atoms with E-state index in [1.54, 1.807) is 13.8 Å². The molecule has 1 heterocycles. The first-order valence-electron chi connectivity index (χ1n) is 8.19. The van der Waals surface area contributed by atoms with Gasteiger partial charge in [-0.25, -0.2) is 4.98 Å². The zero-order valence-electron chi connectivity index (χ0n) is 14.3. The van der Waals surface area contributed by atoms with Gasteiger partial charge in [0.15, 0.2) is 0 Å². The number of hydrogen-bond donors (Lipinski definition) is 1. The zero-order valence-corrected chi connectivity index (χ0v) is 16.0. The van der Waals surface area contributed by atoms with Gasteiger partial charge >= 0.3 is 7.60 Å². The lowest BCUT2D eigenvalue weighted by molar-refractivity contribution is 0.230. The number of nitrogens with zero attached hydrogens (tertiary/aromatic N) is 2. The van der Waals surface area contributed by atoms with Gasteiger partial charge < -0.3 is 13.6 Å². The summed E-state index contributed by atoms with van der Waals surface area (Å²) in [7, 11) is -3.24. The minimum atomic E-state index is -3.24. The standard InChI is InChI=1S/C18H21N2O3PS/c1-3-22-24(21,23-4-2)15-10-8-14(9-11-15)12-20-13-19-16-6-5-7-17(25)18(16)20/h5-11,13,25H,3-4,12H2,1-2H3. The van der Waals surface area contributed by atoms with E-state index < -0.39 is 7.60 Å². The number of benzene rings is 2. The van der Waals surface area contributed by atoms with E-state index in [4.69, 9.17) is 9.05 Å². The molecule has 25 heavy (non-hydrogen) atoms. The predicted molar refractivity (Wildman–Crippen MR) is 103 cm³/mol. The van der Waals surface area contributed by atoms with E-state index in [9.17, 15) is 4.57 Å². The average molecular weight is 376 g/mol. The fourth-order valence-electron chi connectivity index (χ4n) is 2.73. The van der Waals surface area contributed by atoms with Crippen molar-refractivity contribution < 1.29 is 13.6 Å². The maximum atomic E-state index is 12.8. The molecule has 0 atom stereocenters. The van der Waals surface area contributed by atoms with Crippen LogP contribution in [0.3, 0.4) is 0 Å². The first-order chi connectivity index (χ1) is 12.1. The molecule has 0 amide bonds. The summed E-state index contributed by atoms with van der Waals surface area (Å²) >= 11 is 4.52. The number of fused-ring (bicyclic) bond motifs is 1. The highest BCUT2D eigenvalue weighted by Crippen LogP contribution is 2.46. The van der Waals surface area contributed by atoms with Crippen LogP contribution in [0.25, 0.3) is 11.0 Å². The van der Waals surface area contributed by atoms with E-state index in [0.717, 1.165) is 21.5 Å². The predicted octanol–water partition coefficient (Wildman–Crippen LogP) is 4.26. The maximum Gasteiger partial charge on any atom is 0.361 e. The van der Waals surface area contributed by atoms with Crippen LogP contribution >= 0.6 is 20.2 Å². The molecule has 5 nitrogen and oxygen atoms in total. The van der Waals surface area contributed by atoms with Crippen molar-refractivity contribution in [3.05, 3.63) is 54.4 Å². The quantitative estimate of drug-likeness (QED) is 0.494. The summed E-state index contributed by atoms with van der Waals surface area (Å²) in [4.78, 5) is 5.30. The average Bonchev–Trinajstić information content (AvgIpc) is 3.00. The van der Waals surface area contributed by atoms with Crippen LogP contribution < -0.4 is 5.30 Å². The van der Waals surface area contributed by atoms with Crippen LogP contribution in [-0.2, 0) is 20.2 Å². The molecular formula is C18H21N2O3PS. The molecule has 3 aromatic rings. The lowest BCUT2D eigenvalue weighted by atomic mass is 10.2. The number of rotatable bonds is 7. The van der Waals surface area contributed by atoms with Crippen LogP contribution in [-0.4, -0.2) is 22.8 Å². The van der Waals surface area contributed by atoms with Crippen molar-refractivity contribution in [3.63, 3.8) is 0 Å². The van der Waals surface area contributed by atoms with E-state index in [0.29, 0.717) is 25.1 Å². The third-order valence-corrected chi connectivity index (χ3v) is 6.31. The second kappa shape index (κ2) is 7.75. The Balaban J connectivity index is 1.86. The summed E-state index contributed by atoms with van der Waals surface area (Å²) in [5.41, 5.74) is 2.99. The molecule has 0 bridgehead atoms. The van der Waals surface area contributed by atoms with Crippen molar-refractivity contribution in [2.75, 3.05) is 13.2 Å². The molecular weight excluding hydrogens is 355 g/mol.